The van der Waals surface area contributed by atoms with Gasteiger partial charge in [-0.3, -0.25) is 14.9 Å². The Morgan fingerprint density at radius 1 is 0.920 bits per heavy atom. The SMILES string of the molecule is CC(=O)c1ccc(C(=O)Nc2nnc(-c3cc(C)cc(C)c3)o2)cc1. The normalized spacial score (nSPS) is 10.5. The van der Waals surface area contributed by atoms with E-state index in [4.69, 9.17) is 4.42 Å². The third-order valence-electron chi connectivity index (χ3n) is 3.67. The van der Waals surface area contributed by atoms with Crippen molar-refractivity contribution in [2.45, 2.75) is 20.8 Å². The van der Waals surface area contributed by atoms with E-state index in [2.05, 4.69) is 15.5 Å². The van der Waals surface area contributed by atoms with Crippen LogP contribution in [-0.2, 0) is 0 Å². The molecule has 0 atom stereocenters. The number of Topliss-reactive ketones (excluding diaryl/α,β-unsaturated/α-hetero) is 1. The highest BCUT2D eigenvalue weighted by molar-refractivity contribution is 6.04. The van der Waals surface area contributed by atoms with Gasteiger partial charge < -0.3 is 4.42 Å². The minimum atomic E-state index is -0.384. The van der Waals surface area contributed by atoms with Crippen LogP contribution < -0.4 is 5.32 Å². The first-order valence-corrected chi connectivity index (χ1v) is 7.77. The number of rotatable bonds is 4. The monoisotopic (exact) mass is 335 g/mol. The topological polar surface area (TPSA) is 85.1 Å². The predicted octanol–water partition coefficient (Wildman–Crippen LogP) is 3.81. The van der Waals surface area contributed by atoms with E-state index < -0.39 is 0 Å². The van der Waals surface area contributed by atoms with Crippen LogP contribution in [-0.4, -0.2) is 21.9 Å². The van der Waals surface area contributed by atoms with Crippen molar-refractivity contribution in [1.29, 1.82) is 0 Å². The van der Waals surface area contributed by atoms with Crippen LogP contribution in [0.5, 0.6) is 0 Å². The van der Waals surface area contributed by atoms with E-state index in [1.165, 1.54) is 6.92 Å². The van der Waals surface area contributed by atoms with Crippen molar-refractivity contribution in [3.63, 3.8) is 0 Å². The van der Waals surface area contributed by atoms with Gasteiger partial charge in [-0.15, -0.1) is 5.10 Å². The number of anilines is 1. The lowest BCUT2D eigenvalue weighted by Crippen LogP contribution is -2.12. The van der Waals surface area contributed by atoms with Crippen LogP contribution in [0, 0.1) is 13.8 Å². The molecule has 3 aromatic rings. The van der Waals surface area contributed by atoms with Crippen molar-refractivity contribution in [1.82, 2.24) is 10.2 Å². The van der Waals surface area contributed by atoms with E-state index in [0.717, 1.165) is 16.7 Å². The summed E-state index contributed by atoms with van der Waals surface area (Å²) < 4.78 is 5.53. The molecule has 1 aromatic heterocycles. The van der Waals surface area contributed by atoms with Crippen molar-refractivity contribution < 1.29 is 14.0 Å². The maximum absolute atomic E-state index is 12.2. The summed E-state index contributed by atoms with van der Waals surface area (Å²) in [4.78, 5) is 23.5. The first-order chi connectivity index (χ1) is 11.9. The Kier molecular flexibility index (Phi) is 4.43. The summed E-state index contributed by atoms with van der Waals surface area (Å²) in [5.74, 6) is -0.0956. The minimum absolute atomic E-state index is 0.0230. The highest BCUT2D eigenvalue weighted by Gasteiger charge is 2.13. The molecule has 0 aliphatic rings. The molecule has 0 bridgehead atoms. The first-order valence-electron chi connectivity index (χ1n) is 7.77. The summed E-state index contributed by atoms with van der Waals surface area (Å²) in [7, 11) is 0. The zero-order valence-corrected chi connectivity index (χ0v) is 14.2. The number of aryl methyl sites for hydroxylation is 2. The number of hydrogen-bond acceptors (Lipinski definition) is 5. The maximum Gasteiger partial charge on any atom is 0.322 e. The third kappa shape index (κ3) is 3.80. The molecule has 25 heavy (non-hydrogen) atoms. The van der Waals surface area contributed by atoms with Crippen LogP contribution in [0.1, 0.15) is 38.8 Å². The smallest absolute Gasteiger partial charge is 0.322 e. The predicted molar refractivity (Wildman–Crippen MR) is 93.6 cm³/mol. The van der Waals surface area contributed by atoms with Crippen molar-refractivity contribution >= 4 is 17.7 Å². The third-order valence-corrected chi connectivity index (χ3v) is 3.67. The number of carbonyl (C=O) groups is 2. The Bertz CT molecular complexity index is 923. The molecule has 0 saturated heterocycles. The van der Waals surface area contributed by atoms with E-state index in [9.17, 15) is 9.59 Å². The molecule has 1 amide bonds. The molecule has 6 heteroatoms. The number of amides is 1. The van der Waals surface area contributed by atoms with Crippen molar-refractivity contribution in [2.24, 2.45) is 0 Å². The average Bonchev–Trinajstić information content (AvgIpc) is 3.02. The summed E-state index contributed by atoms with van der Waals surface area (Å²) in [6, 6.07) is 12.3. The zero-order valence-electron chi connectivity index (χ0n) is 14.2. The second-order valence-corrected chi connectivity index (χ2v) is 5.88. The average molecular weight is 335 g/mol. The number of ketones is 1. The van der Waals surface area contributed by atoms with Crippen LogP contribution in [0.15, 0.2) is 46.9 Å². The Hall–Kier alpha value is -3.28. The Morgan fingerprint density at radius 3 is 2.12 bits per heavy atom. The second kappa shape index (κ2) is 6.68. The number of nitrogens with zero attached hydrogens (tertiary/aromatic N) is 2. The Balaban J connectivity index is 1.76. The standard InChI is InChI=1S/C19H17N3O3/c1-11-8-12(2)10-16(9-11)18-21-22-19(25-18)20-17(24)15-6-4-14(5-7-15)13(3)23/h4-10H,1-3H3,(H,20,22,24). The van der Waals surface area contributed by atoms with E-state index in [1.54, 1.807) is 24.3 Å². The van der Waals surface area contributed by atoms with Crippen molar-refractivity contribution in [2.75, 3.05) is 5.32 Å². The number of hydrogen-bond donors (Lipinski definition) is 1. The molecule has 1 N–H and O–H groups in total. The lowest BCUT2D eigenvalue weighted by atomic mass is 10.1. The molecule has 0 aliphatic heterocycles. The molecular formula is C19H17N3O3. The van der Waals surface area contributed by atoms with Gasteiger partial charge in [0.1, 0.15) is 0 Å². The summed E-state index contributed by atoms with van der Waals surface area (Å²) in [6.07, 6.45) is 0. The molecule has 1 heterocycles. The molecule has 2 aromatic carbocycles. The van der Waals surface area contributed by atoms with Gasteiger partial charge in [-0.2, -0.15) is 0 Å². The molecule has 6 nitrogen and oxygen atoms in total. The van der Waals surface area contributed by atoms with E-state index in [-0.39, 0.29) is 17.7 Å². The molecule has 0 unspecified atom stereocenters. The van der Waals surface area contributed by atoms with Gasteiger partial charge in [0.15, 0.2) is 5.78 Å². The van der Waals surface area contributed by atoms with Gasteiger partial charge in [0.25, 0.3) is 5.91 Å². The van der Waals surface area contributed by atoms with Crippen LogP contribution in [0.3, 0.4) is 0 Å². The highest BCUT2D eigenvalue weighted by atomic mass is 16.4. The van der Waals surface area contributed by atoms with Crippen LogP contribution in [0.4, 0.5) is 6.01 Å². The van der Waals surface area contributed by atoms with E-state index >= 15 is 0 Å². The largest absolute Gasteiger partial charge is 0.403 e. The van der Waals surface area contributed by atoms with Gasteiger partial charge in [-0.05, 0) is 45.0 Å². The molecule has 0 aliphatic carbocycles. The van der Waals surface area contributed by atoms with Crippen molar-refractivity contribution in [3.05, 3.63) is 64.7 Å². The summed E-state index contributed by atoms with van der Waals surface area (Å²) in [6.45, 7) is 5.45. The molecule has 0 radical (unpaired) electrons. The van der Waals surface area contributed by atoms with E-state index in [0.29, 0.717) is 17.0 Å². The Labute approximate surface area is 144 Å². The van der Waals surface area contributed by atoms with Gasteiger partial charge in [-0.1, -0.05) is 34.4 Å². The minimum Gasteiger partial charge on any atom is -0.403 e. The van der Waals surface area contributed by atoms with Gasteiger partial charge in [-0.25, -0.2) is 0 Å². The molecule has 0 spiro atoms. The second-order valence-electron chi connectivity index (χ2n) is 5.88. The fraction of sp³-hybridized carbons (Fsp3) is 0.158. The van der Waals surface area contributed by atoms with Crippen molar-refractivity contribution in [3.8, 4) is 11.5 Å². The molecule has 3 rings (SSSR count). The van der Waals surface area contributed by atoms with Gasteiger partial charge in [0.05, 0.1) is 0 Å². The fourth-order valence-corrected chi connectivity index (χ4v) is 2.51. The van der Waals surface area contributed by atoms with Crippen LogP contribution in [0.2, 0.25) is 0 Å². The number of aromatic nitrogens is 2. The molecule has 126 valence electrons. The van der Waals surface area contributed by atoms with Crippen LogP contribution >= 0.6 is 0 Å². The fourth-order valence-electron chi connectivity index (χ4n) is 2.51. The molecule has 0 fully saturated rings. The number of benzene rings is 2. The van der Waals surface area contributed by atoms with Crippen LogP contribution in [0.25, 0.3) is 11.5 Å². The zero-order chi connectivity index (χ0) is 18.0. The molecule has 0 saturated carbocycles. The maximum atomic E-state index is 12.2. The summed E-state index contributed by atoms with van der Waals surface area (Å²) in [5.41, 5.74) is 3.92. The lowest BCUT2D eigenvalue weighted by Gasteiger charge is -2.02. The van der Waals surface area contributed by atoms with E-state index in [1.807, 2.05) is 32.0 Å². The molecular weight excluding hydrogens is 318 g/mol. The lowest BCUT2D eigenvalue weighted by molar-refractivity contribution is 0.100. The highest BCUT2D eigenvalue weighted by Crippen LogP contribution is 2.22. The Morgan fingerprint density at radius 2 is 1.52 bits per heavy atom. The van der Waals surface area contributed by atoms with Gasteiger partial charge in [0.2, 0.25) is 5.89 Å². The van der Waals surface area contributed by atoms with Gasteiger partial charge in [0, 0.05) is 16.7 Å². The number of carbonyl (C=O) groups excluding carboxylic acids is 2. The quantitative estimate of drug-likeness (QED) is 0.733. The number of nitrogens with one attached hydrogen (secondary N) is 1. The first kappa shape index (κ1) is 16.6. The summed E-state index contributed by atoms with van der Waals surface area (Å²) >= 11 is 0. The summed E-state index contributed by atoms with van der Waals surface area (Å²) in [5, 5.41) is 10.4. The van der Waals surface area contributed by atoms with Gasteiger partial charge >= 0.3 is 6.01 Å².